The van der Waals surface area contributed by atoms with Gasteiger partial charge in [-0.1, -0.05) is 58.4 Å². The van der Waals surface area contributed by atoms with Gasteiger partial charge in [0.25, 0.3) is 5.91 Å². The maximum absolute atomic E-state index is 12.6. The first-order valence-corrected chi connectivity index (χ1v) is 10.8. The molecule has 1 N–H and O–H groups in total. The van der Waals surface area contributed by atoms with Crippen molar-refractivity contribution in [2.75, 3.05) is 7.11 Å². The lowest BCUT2D eigenvalue weighted by molar-refractivity contribution is 0.0729. The minimum atomic E-state index is -0.502. The number of nitrogens with zero attached hydrogens (tertiary/aromatic N) is 1. The molecule has 0 saturated heterocycles. The highest BCUT2D eigenvalue weighted by atomic mass is 79.9. The van der Waals surface area contributed by atoms with Crippen LogP contribution in [0.15, 0.2) is 94.5 Å². The number of hydrazone groups is 1. The van der Waals surface area contributed by atoms with Crippen molar-refractivity contribution in [1.29, 1.82) is 0 Å². The molecule has 0 fully saturated rings. The monoisotopic (exact) mass is 502 g/mol. The Labute approximate surface area is 199 Å². The summed E-state index contributed by atoms with van der Waals surface area (Å²) in [5, 5.41) is 5.89. The molecule has 0 unspecified atom stereocenters. The van der Waals surface area contributed by atoms with E-state index in [2.05, 4.69) is 26.5 Å². The average molecular weight is 503 g/mol. The molecule has 4 aromatic carbocycles. The number of benzene rings is 4. The van der Waals surface area contributed by atoms with E-state index in [4.69, 9.17) is 9.47 Å². The lowest BCUT2D eigenvalue weighted by Gasteiger charge is -2.10. The molecule has 0 atom stereocenters. The number of carbonyl (C=O) groups excluding carboxylic acids is 2. The number of methoxy groups -OCH3 is 1. The second kappa shape index (κ2) is 10.1. The van der Waals surface area contributed by atoms with Crippen LogP contribution in [0.2, 0.25) is 0 Å². The van der Waals surface area contributed by atoms with Gasteiger partial charge < -0.3 is 9.47 Å². The van der Waals surface area contributed by atoms with Gasteiger partial charge in [0.1, 0.15) is 0 Å². The Morgan fingerprint density at radius 2 is 1.70 bits per heavy atom. The number of ether oxygens (including phenoxy) is 2. The van der Waals surface area contributed by atoms with Crippen molar-refractivity contribution < 1.29 is 19.1 Å². The molecule has 0 aliphatic heterocycles. The van der Waals surface area contributed by atoms with Crippen molar-refractivity contribution in [3.05, 3.63) is 106 Å². The molecule has 4 rings (SSSR count). The van der Waals surface area contributed by atoms with Gasteiger partial charge in [-0.25, -0.2) is 10.2 Å². The topological polar surface area (TPSA) is 77.0 Å². The normalized spacial score (nSPS) is 10.8. The zero-order valence-corrected chi connectivity index (χ0v) is 19.2. The maximum atomic E-state index is 12.6. The minimum Gasteiger partial charge on any atom is -0.493 e. The summed E-state index contributed by atoms with van der Waals surface area (Å²) in [7, 11) is 1.48. The second-order valence-electron chi connectivity index (χ2n) is 7.04. The molecular formula is C26H19BrN2O4. The number of carbonyl (C=O) groups is 2. The van der Waals surface area contributed by atoms with Crippen molar-refractivity contribution in [3.63, 3.8) is 0 Å². The van der Waals surface area contributed by atoms with Crippen LogP contribution < -0.4 is 14.9 Å². The molecule has 7 heteroatoms. The van der Waals surface area contributed by atoms with Gasteiger partial charge in [0.05, 0.1) is 18.9 Å². The number of halogens is 1. The van der Waals surface area contributed by atoms with E-state index in [1.807, 2.05) is 42.5 Å². The summed E-state index contributed by atoms with van der Waals surface area (Å²) in [5.74, 6) is -0.171. The molecule has 164 valence electrons. The predicted octanol–water partition coefficient (Wildman–Crippen LogP) is 5.59. The van der Waals surface area contributed by atoms with Crippen LogP contribution in [0.4, 0.5) is 0 Å². The van der Waals surface area contributed by atoms with Crippen molar-refractivity contribution in [2.45, 2.75) is 0 Å². The fraction of sp³-hybridized carbons (Fsp3) is 0.0385. The summed E-state index contributed by atoms with van der Waals surface area (Å²) in [4.78, 5) is 25.0. The molecule has 0 radical (unpaired) electrons. The maximum Gasteiger partial charge on any atom is 0.343 e. The Hall–Kier alpha value is -3.97. The van der Waals surface area contributed by atoms with Gasteiger partial charge in [-0.05, 0) is 58.8 Å². The minimum absolute atomic E-state index is 0.277. The summed E-state index contributed by atoms with van der Waals surface area (Å²) < 4.78 is 11.6. The fourth-order valence-electron chi connectivity index (χ4n) is 3.27. The Kier molecular flexibility index (Phi) is 6.80. The van der Waals surface area contributed by atoms with E-state index in [0.29, 0.717) is 22.4 Å². The molecule has 6 nitrogen and oxygen atoms in total. The van der Waals surface area contributed by atoms with Gasteiger partial charge in [-0.15, -0.1) is 0 Å². The van der Waals surface area contributed by atoms with Gasteiger partial charge in [0.15, 0.2) is 11.5 Å². The Morgan fingerprint density at radius 3 is 2.52 bits per heavy atom. The zero-order chi connectivity index (χ0) is 23.2. The fourth-order valence-corrected chi connectivity index (χ4v) is 3.67. The summed E-state index contributed by atoms with van der Waals surface area (Å²) in [6.45, 7) is 0. The molecule has 1 amide bonds. The Bertz CT molecular complexity index is 1360. The number of amides is 1. The average Bonchev–Trinajstić information content (AvgIpc) is 2.84. The van der Waals surface area contributed by atoms with Gasteiger partial charge in [0.2, 0.25) is 0 Å². The van der Waals surface area contributed by atoms with Gasteiger partial charge >= 0.3 is 5.97 Å². The largest absolute Gasteiger partial charge is 0.493 e. The van der Waals surface area contributed by atoms with Crippen LogP contribution in [-0.4, -0.2) is 25.2 Å². The lowest BCUT2D eigenvalue weighted by atomic mass is 10.0. The molecule has 33 heavy (non-hydrogen) atoms. The van der Waals surface area contributed by atoms with Gasteiger partial charge in [0, 0.05) is 10.0 Å². The van der Waals surface area contributed by atoms with Gasteiger partial charge in [-0.3, -0.25) is 4.79 Å². The molecule has 0 aliphatic carbocycles. The summed E-state index contributed by atoms with van der Waals surface area (Å²) in [6, 6.07) is 25.1. The van der Waals surface area contributed by atoms with E-state index in [1.165, 1.54) is 13.3 Å². The van der Waals surface area contributed by atoms with Crippen LogP contribution >= 0.6 is 15.9 Å². The molecule has 0 aromatic heterocycles. The van der Waals surface area contributed by atoms with Gasteiger partial charge in [-0.2, -0.15) is 5.10 Å². The lowest BCUT2D eigenvalue weighted by Crippen LogP contribution is -2.17. The summed E-state index contributed by atoms with van der Waals surface area (Å²) >= 11 is 3.34. The number of hydrogen-bond acceptors (Lipinski definition) is 5. The van der Waals surface area contributed by atoms with E-state index in [9.17, 15) is 9.59 Å². The van der Waals surface area contributed by atoms with E-state index >= 15 is 0 Å². The molecule has 0 heterocycles. The SMILES string of the molecule is COc1cc(C=NNC(=O)c2cccc3ccccc23)ccc1OC(=O)c1cccc(Br)c1. The van der Waals surface area contributed by atoms with Crippen molar-refractivity contribution in [2.24, 2.45) is 5.10 Å². The first-order chi connectivity index (χ1) is 16.0. The Morgan fingerprint density at radius 1 is 0.909 bits per heavy atom. The highest BCUT2D eigenvalue weighted by Crippen LogP contribution is 2.28. The first kappa shape index (κ1) is 22.2. The third-order valence-corrected chi connectivity index (χ3v) is 5.36. The zero-order valence-electron chi connectivity index (χ0n) is 17.6. The van der Waals surface area contributed by atoms with Crippen LogP contribution in [0.3, 0.4) is 0 Å². The van der Waals surface area contributed by atoms with E-state index in [0.717, 1.165) is 15.2 Å². The number of fused-ring (bicyclic) bond motifs is 1. The third-order valence-electron chi connectivity index (χ3n) is 4.86. The molecule has 0 spiro atoms. The van der Waals surface area contributed by atoms with E-state index in [-0.39, 0.29) is 11.7 Å². The van der Waals surface area contributed by atoms with Crippen LogP contribution in [0.1, 0.15) is 26.3 Å². The van der Waals surface area contributed by atoms with Crippen LogP contribution in [0.5, 0.6) is 11.5 Å². The number of hydrogen-bond donors (Lipinski definition) is 1. The summed E-state index contributed by atoms with van der Waals surface area (Å²) in [5.41, 5.74) is 4.16. The molecule has 0 aliphatic rings. The molecule has 4 aromatic rings. The third kappa shape index (κ3) is 5.27. The van der Waals surface area contributed by atoms with Crippen LogP contribution in [-0.2, 0) is 0 Å². The highest BCUT2D eigenvalue weighted by Gasteiger charge is 2.13. The molecular weight excluding hydrogens is 484 g/mol. The number of nitrogens with one attached hydrogen (secondary N) is 1. The van der Waals surface area contributed by atoms with E-state index in [1.54, 1.807) is 42.5 Å². The summed E-state index contributed by atoms with van der Waals surface area (Å²) in [6.07, 6.45) is 1.49. The predicted molar refractivity (Wildman–Crippen MR) is 131 cm³/mol. The molecule has 0 bridgehead atoms. The van der Waals surface area contributed by atoms with E-state index < -0.39 is 5.97 Å². The quantitative estimate of drug-likeness (QED) is 0.161. The second-order valence-corrected chi connectivity index (χ2v) is 7.95. The van der Waals surface area contributed by atoms with Crippen LogP contribution in [0, 0.1) is 0 Å². The van der Waals surface area contributed by atoms with Crippen molar-refractivity contribution in [3.8, 4) is 11.5 Å². The van der Waals surface area contributed by atoms with Crippen LogP contribution in [0.25, 0.3) is 10.8 Å². The first-order valence-electron chi connectivity index (χ1n) is 10.0. The number of rotatable bonds is 6. The smallest absolute Gasteiger partial charge is 0.343 e. The standard InChI is InChI=1S/C26H19BrN2O4/c1-32-24-14-17(12-13-23(24)33-26(31)19-8-4-9-20(27)15-19)16-28-29-25(30)22-11-5-7-18-6-2-3-10-21(18)22/h2-16H,1H3,(H,29,30). The number of esters is 1. The highest BCUT2D eigenvalue weighted by molar-refractivity contribution is 9.10. The van der Waals surface area contributed by atoms with Crippen molar-refractivity contribution in [1.82, 2.24) is 5.43 Å². The van der Waals surface area contributed by atoms with Crippen molar-refractivity contribution >= 4 is 44.8 Å². The Balaban J connectivity index is 1.46. The molecule has 0 saturated carbocycles.